The van der Waals surface area contributed by atoms with Gasteiger partial charge in [-0.05, 0) is 63.2 Å². The molecular formula is C27H27N5O4S. The van der Waals surface area contributed by atoms with Gasteiger partial charge in [-0.1, -0.05) is 17.4 Å². The summed E-state index contributed by atoms with van der Waals surface area (Å²) in [6, 6.07) is 14.3. The van der Waals surface area contributed by atoms with Gasteiger partial charge in [0.15, 0.2) is 5.13 Å². The van der Waals surface area contributed by atoms with Crippen LogP contribution in [0.5, 0.6) is 5.75 Å². The minimum absolute atomic E-state index is 0.209. The number of nitrogens with zero attached hydrogens (tertiary/aromatic N) is 5. The quantitative estimate of drug-likeness (QED) is 0.319. The molecule has 0 atom stereocenters. The van der Waals surface area contributed by atoms with Gasteiger partial charge < -0.3 is 4.74 Å². The highest BCUT2D eigenvalue weighted by atomic mass is 32.1. The smallest absolute Gasteiger partial charge is 0.260 e. The summed E-state index contributed by atoms with van der Waals surface area (Å²) in [5.41, 5.74) is 3.55. The van der Waals surface area contributed by atoms with E-state index in [-0.39, 0.29) is 30.6 Å². The minimum Gasteiger partial charge on any atom is -0.492 e. The largest absolute Gasteiger partial charge is 0.492 e. The number of carbonyl (C=O) groups is 3. The maximum atomic E-state index is 13.8. The predicted octanol–water partition coefficient (Wildman–Crippen LogP) is 4.51. The lowest BCUT2D eigenvalue weighted by Gasteiger charge is -2.21. The van der Waals surface area contributed by atoms with Crippen molar-refractivity contribution in [2.45, 2.75) is 40.2 Å². The third kappa shape index (κ3) is 4.84. The Kier molecular flexibility index (Phi) is 6.75. The Morgan fingerprint density at radius 3 is 2.46 bits per heavy atom. The molecule has 0 saturated carbocycles. The second-order valence-corrected chi connectivity index (χ2v) is 9.82. The van der Waals surface area contributed by atoms with Gasteiger partial charge in [0.05, 0.1) is 29.2 Å². The Bertz CT molecular complexity index is 1470. The number of rotatable bonds is 8. The van der Waals surface area contributed by atoms with Crippen molar-refractivity contribution in [3.05, 3.63) is 65.5 Å². The van der Waals surface area contributed by atoms with E-state index in [9.17, 15) is 14.4 Å². The molecular weight excluding hydrogens is 490 g/mol. The Balaban J connectivity index is 1.48. The predicted molar refractivity (Wildman–Crippen MR) is 142 cm³/mol. The second kappa shape index (κ2) is 10.1. The maximum Gasteiger partial charge on any atom is 0.260 e. The van der Waals surface area contributed by atoms with E-state index >= 15 is 0 Å². The van der Waals surface area contributed by atoms with Gasteiger partial charge in [0.2, 0.25) is 11.8 Å². The zero-order valence-corrected chi connectivity index (χ0v) is 21.7. The van der Waals surface area contributed by atoms with Gasteiger partial charge >= 0.3 is 0 Å². The SMILES string of the molecule is CCOc1cccc2sc(N(CCn3nc(C)cc3C)C(=O)c3ccc(N4C(=O)CCC4=O)cc3)nc12. The molecule has 1 saturated heterocycles. The molecule has 1 aliphatic heterocycles. The number of carbonyl (C=O) groups excluding carboxylic acids is 3. The number of hydrogen-bond donors (Lipinski definition) is 0. The number of anilines is 2. The van der Waals surface area contributed by atoms with E-state index in [2.05, 4.69) is 5.10 Å². The van der Waals surface area contributed by atoms with Gasteiger partial charge in [-0.2, -0.15) is 5.10 Å². The topological polar surface area (TPSA) is 97.6 Å². The lowest BCUT2D eigenvalue weighted by atomic mass is 10.1. The van der Waals surface area contributed by atoms with Crippen molar-refractivity contribution in [1.29, 1.82) is 0 Å². The van der Waals surface area contributed by atoms with Crippen LogP contribution < -0.4 is 14.5 Å². The standard InChI is InChI=1S/C27H27N5O4S/c1-4-36-21-6-5-7-22-25(21)28-27(37-22)30(14-15-31-18(3)16-17(2)29-31)26(35)19-8-10-20(11-9-19)32-23(33)12-13-24(32)34/h5-11,16H,4,12-15H2,1-3H3. The van der Waals surface area contributed by atoms with Crippen LogP contribution in [0.15, 0.2) is 48.5 Å². The van der Waals surface area contributed by atoms with E-state index in [4.69, 9.17) is 9.72 Å². The van der Waals surface area contributed by atoms with Crippen LogP contribution in [0.1, 0.15) is 41.5 Å². The summed E-state index contributed by atoms with van der Waals surface area (Å²) < 4.78 is 8.55. The van der Waals surface area contributed by atoms with Crippen LogP contribution in [-0.4, -0.2) is 45.6 Å². The monoisotopic (exact) mass is 517 g/mol. The summed E-state index contributed by atoms with van der Waals surface area (Å²) in [7, 11) is 0. The summed E-state index contributed by atoms with van der Waals surface area (Å²) in [4.78, 5) is 45.6. The molecule has 2 aromatic heterocycles. The first-order valence-corrected chi connectivity index (χ1v) is 13.0. The van der Waals surface area contributed by atoms with Crippen molar-refractivity contribution < 1.29 is 19.1 Å². The lowest BCUT2D eigenvalue weighted by Crippen LogP contribution is -2.34. The van der Waals surface area contributed by atoms with E-state index < -0.39 is 0 Å². The fraction of sp³-hybridized carbons (Fsp3) is 0.296. The van der Waals surface area contributed by atoms with Crippen LogP contribution in [0.4, 0.5) is 10.8 Å². The number of aryl methyl sites for hydroxylation is 2. The third-order valence-electron chi connectivity index (χ3n) is 6.21. The number of ether oxygens (including phenoxy) is 1. The zero-order valence-electron chi connectivity index (χ0n) is 20.9. The summed E-state index contributed by atoms with van der Waals surface area (Å²) >= 11 is 1.42. The average molecular weight is 518 g/mol. The fourth-order valence-electron chi connectivity index (χ4n) is 4.45. The number of imide groups is 1. The molecule has 2 aromatic carbocycles. The van der Waals surface area contributed by atoms with E-state index in [1.807, 2.05) is 49.7 Å². The highest BCUT2D eigenvalue weighted by Crippen LogP contribution is 2.35. The number of amides is 3. The summed E-state index contributed by atoms with van der Waals surface area (Å²) in [6.45, 7) is 7.21. The molecule has 1 aliphatic rings. The third-order valence-corrected chi connectivity index (χ3v) is 7.25. The van der Waals surface area contributed by atoms with Crippen molar-refractivity contribution in [3.8, 4) is 5.75 Å². The highest BCUT2D eigenvalue weighted by Gasteiger charge is 2.30. The Hall–Kier alpha value is -4.05. The number of para-hydroxylation sites is 1. The summed E-state index contributed by atoms with van der Waals surface area (Å²) in [6.07, 6.45) is 0.419. The van der Waals surface area contributed by atoms with Gasteiger partial charge in [0, 0.05) is 30.6 Å². The molecule has 5 rings (SSSR count). The van der Waals surface area contributed by atoms with Crippen molar-refractivity contribution >= 4 is 50.1 Å². The van der Waals surface area contributed by atoms with E-state index in [1.54, 1.807) is 29.2 Å². The molecule has 9 nitrogen and oxygen atoms in total. The molecule has 1 fully saturated rings. The van der Waals surface area contributed by atoms with Gasteiger partial charge in [0.1, 0.15) is 11.3 Å². The molecule has 37 heavy (non-hydrogen) atoms. The molecule has 0 bridgehead atoms. The maximum absolute atomic E-state index is 13.8. The number of hydrogen-bond acceptors (Lipinski definition) is 7. The molecule has 0 spiro atoms. The molecule has 3 heterocycles. The first-order valence-electron chi connectivity index (χ1n) is 12.2. The second-order valence-electron chi connectivity index (χ2n) is 8.81. The molecule has 10 heteroatoms. The molecule has 0 aliphatic carbocycles. The first-order chi connectivity index (χ1) is 17.9. The summed E-state index contributed by atoms with van der Waals surface area (Å²) in [5.74, 6) is -0.00718. The number of benzene rings is 2. The van der Waals surface area contributed by atoms with E-state index in [0.29, 0.717) is 41.8 Å². The van der Waals surface area contributed by atoms with Crippen LogP contribution in [-0.2, 0) is 16.1 Å². The van der Waals surface area contributed by atoms with Crippen molar-refractivity contribution in [1.82, 2.24) is 14.8 Å². The number of aromatic nitrogens is 3. The van der Waals surface area contributed by atoms with E-state index in [1.165, 1.54) is 16.2 Å². The molecule has 190 valence electrons. The van der Waals surface area contributed by atoms with Crippen LogP contribution in [0.2, 0.25) is 0 Å². The van der Waals surface area contributed by atoms with E-state index in [0.717, 1.165) is 21.6 Å². The van der Waals surface area contributed by atoms with Crippen LogP contribution in [0.25, 0.3) is 10.2 Å². The Morgan fingerprint density at radius 2 is 1.81 bits per heavy atom. The first kappa shape index (κ1) is 24.6. The Labute approximate surface area is 218 Å². The lowest BCUT2D eigenvalue weighted by molar-refractivity contribution is -0.121. The molecule has 0 unspecified atom stereocenters. The van der Waals surface area contributed by atoms with Crippen LogP contribution in [0, 0.1) is 13.8 Å². The highest BCUT2D eigenvalue weighted by molar-refractivity contribution is 7.22. The van der Waals surface area contributed by atoms with Gasteiger partial charge in [-0.15, -0.1) is 0 Å². The molecule has 0 N–H and O–H groups in total. The molecule has 0 radical (unpaired) electrons. The van der Waals surface area contributed by atoms with Crippen molar-refractivity contribution in [3.63, 3.8) is 0 Å². The van der Waals surface area contributed by atoms with Crippen molar-refractivity contribution in [2.75, 3.05) is 23.0 Å². The van der Waals surface area contributed by atoms with Crippen LogP contribution >= 0.6 is 11.3 Å². The average Bonchev–Trinajstić information content (AvgIpc) is 3.56. The number of fused-ring (bicyclic) bond motifs is 1. The van der Waals surface area contributed by atoms with Crippen molar-refractivity contribution in [2.24, 2.45) is 0 Å². The normalized spacial score (nSPS) is 13.5. The minimum atomic E-state index is -0.232. The fourth-order valence-corrected chi connectivity index (χ4v) is 5.46. The molecule has 4 aromatic rings. The van der Waals surface area contributed by atoms with Gasteiger partial charge in [-0.25, -0.2) is 4.98 Å². The zero-order chi connectivity index (χ0) is 26.1. The Morgan fingerprint density at radius 1 is 1.08 bits per heavy atom. The van der Waals surface area contributed by atoms with Gasteiger partial charge in [0.25, 0.3) is 5.91 Å². The summed E-state index contributed by atoms with van der Waals surface area (Å²) in [5, 5.41) is 5.09. The number of thiazole rings is 1. The molecule has 3 amide bonds. The van der Waals surface area contributed by atoms with Gasteiger partial charge in [-0.3, -0.25) is 28.9 Å². The van der Waals surface area contributed by atoms with Crippen LogP contribution in [0.3, 0.4) is 0 Å².